The van der Waals surface area contributed by atoms with Crippen molar-refractivity contribution < 1.29 is 26.4 Å². The molecule has 0 radical (unpaired) electrons. The molecule has 0 spiro atoms. The third-order valence-corrected chi connectivity index (χ3v) is 3.80. The van der Waals surface area contributed by atoms with Crippen molar-refractivity contribution in [3.8, 4) is 0 Å². The fraction of sp³-hybridized carbons (Fsp3) is 0.417. The predicted octanol–water partition coefficient (Wildman–Crippen LogP) is 2.97. The summed E-state index contributed by atoms with van der Waals surface area (Å²) in [5.41, 5.74) is 0.249. The van der Waals surface area contributed by atoms with Crippen LogP contribution in [0.4, 0.5) is 18.9 Å². The molecule has 0 amide bonds. The Morgan fingerprint density at radius 2 is 1.85 bits per heavy atom. The first-order valence-electron chi connectivity index (χ1n) is 5.78. The summed E-state index contributed by atoms with van der Waals surface area (Å²) in [7, 11) is -3.92. The van der Waals surface area contributed by atoms with Crippen molar-refractivity contribution in [1.82, 2.24) is 0 Å². The Morgan fingerprint density at radius 1 is 1.25 bits per heavy atom. The molecule has 0 aliphatic heterocycles. The van der Waals surface area contributed by atoms with Crippen LogP contribution in [0.2, 0.25) is 0 Å². The van der Waals surface area contributed by atoms with E-state index in [2.05, 4.69) is 4.72 Å². The molecule has 0 fully saturated rings. The molecule has 1 rings (SSSR count). The van der Waals surface area contributed by atoms with Gasteiger partial charge in [-0.1, -0.05) is 12.1 Å². The SMILES string of the molecule is CC(=O)c1ccccc1NS(=O)(=O)CCCC(F)(F)F. The third kappa shape index (κ3) is 5.60. The average Bonchev–Trinajstić information content (AvgIpc) is 2.26. The summed E-state index contributed by atoms with van der Waals surface area (Å²) >= 11 is 0. The number of carbonyl (C=O) groups is 1. The Balaban J connectivity index is 2.74. The van der Waals surface area contributed by atoms with Crippen molar-refractivity contribution >= 4 is 21.5 Å². The Bertz CT molecular complexity index is 582. The Kier molecular flexibility index (Phi) is 5.15. The number of hydrogen-bond donors (Lipinski definition) is 1. The highest BCUT2D eigenvalue weighted by molar-refractivity contribution is 7.92. The largest absolute Gasteiger partial charge is 0.389 e. The van der Waals surface area contributed by atoms with Crippen molar-refractivity contribution in [3.05, 3.63) is 29.8 Å². The van der Waals surface area contributed by atoms with Gasteiger partial charge < -0.3 is 0 Å². The van der Waals surface area contributed by atoms with Crippen molar-refractivity contribution in [3.63, 3.8) is 0 Å². The predicted molar refractivity (Wildman–Crippen MR) is 69.1 cm³/mol. The van der Waals surface area contributed by atoms with E-state index in [0.717, 1.165) is 0 Å². The van der Waals surface area contributed by atoms with Crippen molar-refractivity contribution in [1.29, 1.82) is 0 Å². The number of para-hydroxylation sites is 1. The maximum absolute atomic E-state index is 12.0. The second-order valence-electron chi connectivity index (χ2n) is 4.24. The summed E-state index contributed by atoms with van der Waals surface area (Å²) in [5, 5.41) is 0. The van der Waals surface area contributed by atoms with E-state index >= 15 is 0 Å². The van der Waals surface area contributed by atoms with Crippen LogP contribution in [0.25, 0.3) is 0 Å². The van der Waals surface area contributed by atoms with E-state index in [1.54, 1.807) is 6.07 Å². The molecule has 0 aliphatic carbocycles. The zero-order valence-corrected chi connectivity index (χ0v) is 11.5. The van der Waals surface area contributed by atoms with E-state index < -0.39 is 34.8 Å². The zero-order chi connectivity index (χ0) is 15.4. The fourth-order valence-electron chi connectivity index (χ4n) is 1.56. The van der Waals surface area contributed by atoms with Crippen LogP contribution in [-0.2, 0) is 10.0 Å². The van der Waals surface area contributed by atoms with Gasteiger partial charge in [-0.2, -0.15) is 13.2 Å². The van der Waals surface area contributed by atoms with Crippen LogP contribution in [0.1, 0.15) is 30.1 Å². The van der Waals surface area contributed by atoms with E-state index in [1.807, 2.05) is 0 Å². The molecular weight excluding hydrogens is 295 g/mol. The van der Waals surface area contributed by atoms with Gasteiger partial charge >= 0.3 is 6.18 Å². The summed E-state index contributed by atoms with van der Waals surface area (Å²) < 4.78 is 61.4. The number of halogens is 3. The van der Waals surface area contributed by atoms with Crippen molar-refractivity contribution in [2.24, 2.45) is 0 Å². The molecule has 0 aliphatic rings. The van der Waals surface area contributed by atoms with Gasteiger partial charge in [0.1, 0.15) is 0 Å². The summed E-state index contributed by atoms with van der Waals surface area (Å²) in [6.07, 6.45) is -6.07. The first kappa shape index (κ1) is 16.5. The van der Waals surface area contributed by atoms with Gasteiger partial charge in [-0.25, -0.2) is 8.42 Å². The number of hydrogen-bond acceptors (Lipinski definition) is 3. The molecule has 1 aromatic carbocycles. The molecule has 112 valence electrons. The molecule has 0 aromatic heterocycles. The van der Waals surface area contributed by atoms with E-state index in [-0.39, 0.29) is 17.0 Å². The molecule has 0 unspecified atom stereocenters. The number of rotatable bonds is 6. The summed E-state index contributed by atoms with van der Waals surface area (Å²) in [6.45, 7) is 1.27. The minimum atomic E-state index is -4.38. The monoisotopic (exact) mass is 309 g/mol. The van der Waals surface area contributed by atoms with Crippen molar-refractivity contribution in [2.75, 3.05) is 10.5 Å². The highest BCUT2D eigenvalue weighted by Crippen LogP contribution is 2.22. The molecule has 0 atom stereocenters. The molecule has 0 heterocycles. The van der Waals surface area contributed by atoms with Crippen molar-refractivity contribution in [2.45, 2.75) is 25.9 Å². The molecular formula is C12H14F3NO3S. The lowest BCUT2D eigenvalue weighted by Gasteiger charge is -2.11. The lowest BCUT2D eigenvalue weighted by atomic mass is 10.1. The first-order chi connectivity index (χ1) is 9.11. The summed E-state index contributed by atoms with van der Waals surface area (Å²) in [6, 6.07) is 5.92. The molecule has 20 heavy (non-hydrogen) atoms. The second kappa shape index (κ2) is 6.25. The maximum Gasteiger partial charge on any atom is 0.389 e. The molecule has 1 N–H and O–H groups in total. The van der Waals surface area contributed by atoms with E-state index in [4.69, 9.17) is 0 Å². The van der Waals surface area contributed by atoms with Gasteiger partial charge in [0.05, 0.1) is 11.4 Å². The summed E-state index contributed by atoms with van der Waals surface area (Å²) in [5.74, 6) is -0.989. The maximum atomic E-state index is 12.0. The Morgan fingerprint density at radius 3 is 2.40 bits per heavy atom. The Labute approximate surface area is 115 Å². The minimum Gasteiger partial charge on any atom is -0.294 e. The smallest absolute Gasteiger partial charge is 0.294 e. The van der Waals surface area contributed by atoms with Crippen LogP contribution in [0, 0.1) is 0 Å². The topological polar surface area (TPSA) is 63.2 Å². The number of ketones is 1. The molecule has 1 aromatic rings. The summed E-state index contributed by atoms with van der Waals surface area (Å²) in [4.78, 5) is 11.3. The van der Waals surface area contributed by atoms with E-state index in [9.17, 15) is 26.4 Å². The molecule has 0 bridgehead atoms. The van der Waals surface area contributed by atoms with Gasteiger partial charge in [0.15, 0.2) is 5.78 Å². The van der Waals surface area contributed by atoms with Gasteiger partial charge in [-0.05, 0) is 25.5 Å². The lowest BCUT2D eigenvalue weighted by molar-refractivity contribution is -0.134. The molecule has 0 saturated carbocycles. The van der Waals surface area contributed by atoms with Crippen LogP contribution in [0.15, 0.2) is 24.3 Å². The van der Waals surface area contributed by atoms with Crippen LogP contribution in [-0.4, -0.2) is 26.1 Å². The average molecular weight is 309 g/mol. The highest BCUT2D eigenvalue weighted by Gasteiger charge is 2.27. The van der Waals surface area contributed by atoms with Crippen LogP contribution < -0.4 is 4.72 Å². The standard InChI is InChI=1S/C12H14F3NO3S/c1-9(17)10-5-2-3-6-11(10)16-20(18,19)8-4-7-12(13,14)15/h2-3,5-6,16H,4,7-8H2,1H3. The number of nitrogens with one attached hydrogen (secondary N) is 1. The minimum absolute atomic E-state index is 0.0759. The van der Waals surface area contributed by atoms with Gasteiger partial charge in [-0.3, -0.25) is 9.52 Å². The van der Waals surface area contributed by atoms with Crippen LogP contribution in [0.5, 0.6) is 0 Å². The van der Waals surface area contributed by atoms with Crippen LogP contribution in [0.3, 0.4) is 0 Å². The first-order valence-corrected chi connectivity index (χ1v) is 7.43. The number of alkyl halides is 3. The lowest BCUT2D eigenvalue weighted by Crippen LogP contribution is -2.20. The van der Waals surface area contributed by atoms with E-state index in [0.29, 0.717) is 0 Å². The Hall–Kier alpha value is -1.57. The number of anilines is 1. The number of sulfonamides is 1. The number of carbonyl (C=O) groups excluding carboxylic acids is 1. The van der Waals surface area contributed by atoms with E-state index in [1.165, 1.54) is 25.1 Å². The van der Waals surface area contributed by atoms with Gasteiger partial charge in [0.25, 0.3) is 0 Å². The normalized spacial score (nSPS) is 12.2. The fourth-order valence-corrected chi connectivity index (χ4v) is 2.70. The van der Waals surface area contributed by atoms with Crippen LogP contribution >= 0.6 is 0 Å². The third-order valence-electron chi connectivity index (χ3n) is 2.45. The number of Topliss-reactive ketones (excluding diaryl/α,β-unsaturated/α-hetero) is 1. The quantitative estimate of drug-likeness (QED) is 0.822. The van der Waals surface area contributed by atoms with Gasteiger partial charge in [-0.15, -0.1) is 0 Å². The van der Waals surface area contributed by atoms with Gasteiger partial charge in [0.2, 0.25) is 10.0 Å². The molecule has 0 saturated heterocycles. The number of benzene rings is 1. The molecule has 8 heteroatoms. The zero-order valence-electron chi connectivity index (χ0n) is 10.7. The molecule has 4 nitrogen and oxygen atoms in total. The van der Waals surface area contributed by atoms with Gasteiger partial charge in [0, 0.05) is 12.0 Å². The highest BCUT2D eigenvalue weighted by atomic mass is 32.2. The second-order valence-corrected chi connectivity index (χ2v) is 6.08.